The lowest BCUT2D eigenvalue weighted by atomic mass is 9.88. The zero-order valence-corrected chi connectivity index (χ0v) is 22.3. The smallest absolute Gasteiger partial charge is 0.191 e. The summed E-state index contributed by atoms with van der Waals surface area (Å²) in [6, 6.07) is 13.7. The molecule has 4 rings (SSSR count). The number of anilines is 1. The van der Waals surface area contributed by atoms with Crippen LogP contribution in [-0.4, -0.2) is 50.6 Å². The normalized spacial score (nSPS) is 21.4. The number of nitrogens with zero attached hydrogens (tertiary/aromatic N) is 3. The first-order chi connectivity index (χ1) is 15.2. The van der Waals surface area contributed by atoms with Crippen LogP contribution in [0.15, 0.2) is 58.9 Å². The molecule has 3 heterocycles. The number of benzene rings is 1. The number of rotatable bonds is 7. The van der Waals surface area contributed by atoms with Crippen LogP contribution in [-0.2, 0) is 6.54 Å². The van der Waals surface area contributed by atoms with Gasteiger partial charge in [0.25, 0.3) is 0 Å². The molecule has 1 aromatic carbocycles. The van der Waals surface area contributed by atoms with Gasteiger partial charge in [-0.2, -0.15) is 0 Å². The molecule has 1 fully saturated rings. The van der Waals surface area contributed by atoms with E-state index < -0.39 is 0 Å². The number of piperidine rings is 1. The molecular weight excluding hydrogens is 529 g/mol. The number of nitrogens with one attached hydrogen (secondary N) is 2. The van der Waals surface area contributed by atoms with E-state index in [2.05, 4.69) is 88.3 Å². The summed E-state index contributed by atoms with van der Waals surface area (Å²) in [6.07, 6.45) is 6.97. The molecule has 2 atom stereocenters. The van der Waals surface area contributed by atoms with Crippen LogP contribution in [0.3, 0.4) is 0 Å². The van der Waals surface area contributed by atoms with Gasteiger partial charge >= 0.3 is 0 Å². The third-order valence-corrected chi connectivity index (χ3v) is 7.17. The van der Waals surface area contributed by atoms with Gasteiger partial charge in [-0.1, -0.05) is 30.4 Å². The van der Waals surface area contributed by atoms with Crippen molar-refractivity contribution in [3.05, 3.63) is 64.4 Å². The Morgan fingerprint density at radius 1 is 1.16 bits per heavy atom. The molecule has 0 saturated carbocycles. The molecule has 1 aromatic heterocycles. The molecule has 0 amide bonds. The number of halogens is 1. The molecule has 2 unspecified atom stereocenters. The van der Waals surface area contributed by atoms with Crippen LogP contribution in [0.2, 0.25) is 0 Å². The Labute approximate surface area is 214 Å². The van der Waals surface area contributed by atoms with E-state index in [-0.39, 0.29) is 24.0 Å². The summed E-state index contributed by atoms with van der Waals surface area (Å²) < 4.78 is 0. The lowest BCUT2D eigenvalue weighted by molar-refractivity contribution is 0.125. The van der Waals surface area contributed by atoms with Gasteiger partial charge in [0.1, 0.15) is 0 Å². The van der Waals surface area contributed by atoms with Crippen LogP contribution in [0.5, 0.6) is 0 Å². The summed E-state index contributed by atoms with van der Waals surface area (Å²) in [7, 11) is 2.26. The summed E-state index contributed by atoms with van der Waals surface area (Å²) in [5.74, 6) is 1.50. The maximum atomic E-state index is 4.89. The standard InChI is InChI=1S/C25H35N5S.HI/c1-3-26-25(27-18-20-9-6-11-22(17-20)30-14-4-5-15-30)28-19-21-10-7-13-29(2)24(21)23-12-8-16-31-23;/h4-6,8-9,11-12,16-17,21,24H,3,7,10,13-15,18-19H2,1-2H3,(H2,26,27,28);1H. The van der Waals surface area contributed by atoms with E-state index >= 15 is 0 Å². The lowest BCUT2D eigenvalue weighted by Crippen LogP contribution is -2.44. The molecule has 2 aromatic rings. The first-order valence-corrected chi connectivity index (χ1v) is 12.4. The average molecular weight is 566 g/mol. The second kappa shape index (κ2) is 12.6. The maximum absolute atomic E-state index is 4.89. The van der Waals surface area contributed by atoms with Gasteiger partial charge in [0, 0.05) is 42.8 Å². The van der Waals surface area contributed by atoms with Gasteiger partial charge in [0.2, 0.25) is 0 Å². The summed E-state index contributed by atoms with van der Waals surface area (Å²) in [4.78, 5) is 11.3. The molecule has 174 valence electrons. The minimum absolute atomic E-state index is 0. The second-order valence-corrected chi connectivity index (χ2v) is 9.44. The molecule has 2 N–H and O–H groups in total. The lowest BCUT2D eigenvalue weighted by Gasteiger charge is -2.39. The van der Waals surface area contributed by atoms with Crippen molar-refractivity contribution in [1.82, 2.24) is 15.5 Å². The van der Waals surface area contributed by atoms with E-state index in [0.717, 1.165) is 32.1 Å². The minimum atomic E-state index is 0. The van der Waals surface area contributed by atoms with Crippen molar-refractivity contribution in [3.63, 3.8) is 0 Å². The molecular formula is C25H36IN5S. The number of likely N-dealkylation sites (tertiary alicyclic amines) is 1. The van der Waals surface area contributed by atoms with Gasteiger partial charge in [-0.3, -0.25) is 4.90 Å². The van der Waals surface area contributed by atoms with E-state index in [1.807, 2.05) is 11.3 Å². The van der Waals surface area contributed by atoms with Crippen molar-refractivity contribution in [2.45, 2.75) is 32.4 Å². The Morgan fingerprint density at radius 2 is 2.00 bits per heavy atom. The fraction of sp³-hybridized carbons (Fsp3) is 0.480. The van der Waals surface area contributed by atoms with E-state index in [1.54, 1.807) is 0 Å². The number of hydrogen-bond acceptors (Lipinski definition) is 4. The van der Waals surface area contributed by atoms with Gasteiger partial charge in [-0.05, 0) is 68.4 Å². The van der Waals surface area contributed by atoms with Crippen LogP contribution in [0.1, 0.15) is 36.2 Å². The first kappa shape index (κ1) is 25.1. The highest BCUT2D eigenvalue weighted by atomic mass is 127. The molecule has 0 spiro atoms. The van der Waals surface area contributed by atoms with Crippen LogP contribution in [0, 0.1) is 5.92 Å². The monoisotopic (exact) mass is 565 g/mol. The Bertz CT molecular complexity index is 874. The van der Waals surface area contributed by atoms with Crippen molar-refractivity contribution < 1.29 is 0 Å². The summed E-state index contributed by atoms with van der Waals surface area (Å²) in [5.41, 5.74) is 2.52. The van der Waals surface area contributed by atoms with Crippen molar-refractivity contribution in [3.8, 4) is 0 Å². The molecule has 2 aliphatic heterocycles. The van der Waals surface area contributed by atoms with E-state index in [1.165, 1.54) is 35.5 Å². The third kappa shape index (κ3) is 6.48. The number of guanidine groups is 1. The average Bonchev–Trinajstić information content (AvgIpc) is 3.50. The molecule has 7 heteroatoms. The third-order valence-electron chi connectivity index (χ3n) is 6.23. The Morgan fingerprint density at radius 3 is 2.75 bits per heavy atom. The van der Waals surface area contributed by atoms with Crippen LogP contribution < -0.4 is 15.5 Å². The highest BCUT2D eigenvalue weighted by Gasteiger charge is 2.31. The van der Waals surface area contributed by atoms with Crippen LogP contribution in [0.25, 0.3) is 0 Å². The summed E-state index contributed by atoms with van der Waals surface area (Å²) in [5, 5.41) is 9.26. The summed E-state index contributed by atoms with van der Waals surface area (Å²) in [6.45, 7) is 7.79. The molecule has 0 aliphatic carbocycles. The predicted octanol–water partition coefficient (Wildman–Crippen LogP) is 4.88. The van der Waals surface area contributed by atoms with Crippen LogP contribution >= 0.6 is 35.3 Å². The first-order valence-electron chi connectivity index (χ1n) is 11.5. The van der Waals surface area contributed by atoms with Gasteiger partial charge in [0.05, 0.1) is 6.54 Å². The Kier molecular flexibility index (Phi) is 9.87. The van der Waals surface area contributed by atoms with Gasteiger partial charge in [-0.15, -0.1) is 35.3 Å². The van der Waals surface area contributed by atoms with Crippen molar-refractivity contribution >= 4 is 47.0 Å². The molecule has 0 bridgehead atoms. The fourth-order valence-electron chi connectivity index (χ4n) is 4.66. The van der Waals surface area contributed by atoms with Gasteiger partial charge in [0.15, 0.2) is 5.96 Å². The molecule has 5 nitrogen and oxygen atoms in total. The molecule has 0 radical (unpaired) electrons. The highest BCUT2D eigenvalue weighted by Crippen LogP contribution is 2.36. The van der Waals surface area contributed by atoms with E-state index in [9.17, 15) is 0 Å². The Hall–Kier alpha value is -1.58. The highest BCUT2D eigenvalue weighted by molar-refractivity contribution is 14.0. The van der Waals surface area contributed by atoms with E-state index in [4.69, 9.17) is 4.99 Å². The SMILES string of the molecule is CCNC(=NCc1cccc(N2CC=CC2)c1)NCC1CCCN(C)C1c1cccs1.I. The largest absolute Gasteiger partial charge is 0.364 e. The molecule has 32 heavy (non-hydrogen) atoms. The van der Waals surface area contributed by atoms with Crippen molar-refractivity contribution in [2.75, 3.05) is 44.7 Å². The number of aliphatic imine (C=N–C) groups is 1. The van der Waals surface area contributed by atoms with Gasteiger partial charge in [-0.25, -0.2) is 4.99 Å². The number of hydrogen-bond donors (Lipinski definition) is 2. The fourth-order valence-corrected chi connectivity index (χ4v) is 5.65. The quantitative estimate of drug-likeness (QED) is 0.218. The molecule has 1 saturated heterocycles. The predicted molar refractivity (Wildman–Crippen MR) is 148 cm³/mol. The van der Waals surface area contributed by atoms with Crippen LogP contribution in [0.4, 0.5) is 5.69 Å². The van der Waals surface area contributed by atoms with Gasteiger partial charge < -0.3 is 15.5 Å². The maximum Gasteiger partial charge on any atom is 0.191 e. The minimum Gasteiger partial charge on any atom is -0.364 e. The summed E-state index contributed by atoms with van der Waals surface area (Å²) >= 11 is 1.88. The topological polar surface area (TPSA) is 42.9 Å². The van der Waals surface area contributed by atoms with Crippen molar-refractivity contribution in [2.24, 2.45) is 10.9 Å². The zero-order valence-electron chi connectivity index (χ0n) is 19.2. The number of thiophene rings is 1. The second-order valence-electron chi connectivity index (χ2n) is 8.47. The Balaban J connectivity index is 0.00000289. The molecule has 2 aliphatic rings. The van der Waals surface area contributed by atoms with Crippen molar-refractivity contribution in [1.29, 1.82) is 0 Å². The van der Waals surface area contributed by atoms with E-state index in [0.29, 0.717) is 18.5 Å². The zero-order chi connectivity index (χ0) is 21.5.